The van der Waals surface area contributed by atoms with Crippen LogP contribution in [0, 0.1) is 5.92 Å². The quantitative estimate of drug-likeness (QED) is 0.397. The number of nitrogens with one attached hydrogen (secondary N) is 2. The van der Waals surface area contributed by atoms with Gasteiger partial charge in [0.1, 0.15) is 0 Å². The molecule has 0 fully saturated rings. The molecule has 0 aliphatic rings. The van der Waals surface area contributed by atoms with E-state index < -0.39 is 0 Å². The van der Waals surface area contributed by atoms with Crippen LogP contribution in [0.3, 0.4) is 0 Å². The Balaban J connectivity index is 1.75. The van der Waals surface area contributed by atoms with Gasteiger partial charge in [-0.25, -0.2) is 10.4 Å². The number of benzene rings is 2. The van der Waals surface area contributed by atoms with Crippen LogP contribution < -0.4 is 15.7 Å². The average molecular weight is 431 g/mol. The Morgan fingerprint density at radius 2 is 1.86 bits per heavy atom. The summed E-state index contributed by atoms with van der Waals surface area (Å²) in [6.07, 6.45) is 1.53. The molecule has 8 heteroatoms. The number of rotatable bonds is 7. The molecule has 0 aliphatic carbocycles. The monoisotopic (exact) mass is 430 g/mol. The van der Waals surface area contributed by atoms with Gasteiger partial charge in [0.2, 0.25) is 5.95 Å². The van der Waals surface area contributed by atoms with Crippen LogP contribution in [0.4, 0.5) is 5.95 Å². The molecule has 3 rings (SSSR count). The number of H-pyrrole nitrogens is 1. The molecule has 2 aromatic carbocycles. The van der Waals surface area contributed by atoms with E-state index in [9.17, 15) is 4.79 Å². The summed E-state index contributed by atoms with van der Waals surface area (Å²) >= 11 is 12.5. The van der Waals surface area contributed by atoms with Crippen LogP contribution >= 0.6 is 23.2 Å². The molecule has 0 atom stereocenters. The minimum atomic E-state index is -0.283. The van der Waals surface area contributed by atoms with Crippen molar-refractivity contribution >= 4 is 35.4 Å². The van der Waals surface area contributed by atoms with Gasteiger partial charge in [0.25, 0.3) is 5.56 Å². The second-order valence-corrected chi connectivity index (χ2v) is 7.55. The first-order valence-corrected chi connectivity index (χ1v) is 9.75. The highest BCUT2D eigenvalue weighted by atomic mass is 35.5. The number of hydrogen-bond acceptors (Lipinski definition) is 5. The molecule has 0 unspecified atom stereocenters. The van der Waals surface area contributed by atoms with Gasteiger partial charge < -0.3 is 4.74 Å². The van der Waals surface area contributed by atoms with Gasteiger partial charge in [0.05, 0.1) is 28.6 Å². The van der Waals surface area contributed by atoms with E-state index in [0.717, 1.165) is 5.56 Å². The van der Waals surface area contributed by atoms with E-state index in [1.165, 1.54) is 12.3 Å². The summed E-state index contributed by atoms with van der Waals surface area (Å²) in [5.41, 5.74) is 4.49. The molecule has 0 saturated heterocycles. The summed E-state index contributed by atoms with van der Waals surface area (Å²) in [7, 11) is 0. The van der Waals surface area contributed by atoms with Crippen molar-refractivity contribution in [3.63, 3.8) is 0 Å². The molecule has 3 aromatic rings. The van der Waals surface area contributed by atoms with Crippen molar-refractivity contribution in [2.75, 3.05) is 12.0 Å². The maximum atomic E-state index is 11.9. The van der Waals surface area contributed by atoms with Crippen molar-refractivity contribution in [3.05, 3.63) is 74.5 Å². The second kappa shape index (κ2) is 9.58. The Kier molecular flexibility index (Phi) is 6.90. The van der Waals surface area contributed by atoms with E-state index in [-0.39, 0.29) is 11.5 Å². The van der Waals surface area contributed by atoms with Crippen LogP contribution in [0.2, 0.25) is 10.0 Å². The molecule has 0 spiro atoms. The van der Waals surface area contributed by atoms with Gasteiger partial charge in [-0.2, -0.15) is 5.10 Å². The molecule has 6 nitrogen and oxygen atoms in total. The molecule has 29 heavy (non-hydrogen) atoms. The zero-order chi connectivity index (χ0) is 20.8. The number of aromatic amines is 1. The first-order valence-electron chi connectivity index (χ1n) is 9.00. The van der Waals surface area contributed by atoms with Crippen molar-refractivity contribution in [1.29, 1.82) is 0 Å². The second-order valence-electron chi connectivity index (χ2n) is 6.73. The van der Waals surface area contributed by atoms with Crippen LogP contribution in [0.15, 0.2) is 58.4 Å². The van der Waals surface area contributed by atoms with Crippen LogP contribution in [-0.2, 0) is 0 Å². The highest BCUT2D eigenvalue weighted by Crippen LogP contribution is 2.34. The molecule has 0 bridgehead atoms. The van der Waals surface area contributed by atoms with Gasteiger partial charge in [0.15, 0.2) is 5.75 Å². The summed E-state index contributed by atoms with van der Waals surface area (Å²) in [5, 5.41) is 4.91. The molecule has 0 radical (unpaired) electrons. The lowest BCUT2D eigenvalue weighted by atomic mass is 10.1. The van der Waals surface area contributed by atoms with Crippen LogP contribution in [0.1, 0.15) is 19.4 Å². The third-order valence-corrected chi connectivity index (χ3v) is 4.34. The highest BCUT2D eigenvalue weighted by Gasteiger charge is 2.10. The molecule has 0 saturated carbocycles. The summed E-state index contributed by atoms with van der Waals surface area (Å²) in [6, 6.07) is 14.2. The minimum Gasteiger partial charge on any atom is -0.490 e. The molecule has 1 aromatic heterocycles. The summed E-state index contributed by atoms with van der Waals surface area (Å²) in [4.78, 5) is 18.9. The minimum absolute atomic E-state index is 0.224. The first kappa shape index (κ1) is 20.9. The maximum absolute atomic E-state index is 11.9. The summed E-state index contributed by atoms with van der Waals surface area (Å²) in [5.74, 6) is 1.03. The van der Waals surface area contributed by atoms with Gasteiger partial charge in [-0.3, -0.25) is 9.78 Å². The zero-order valence-electron chi connectivity index (χ0n) is 15.9. The summed E-state index contributed by atoms with van der Waals surface area (Å²) < 4.78 is 5.65. The molecular formula is C21H20Cl2N4O2. The van der Waals surface area contributed by atoms with E-state index in [4.69, 9.17) is 27.9 Å². The fraction of sp³-hybridized carbons (Fsp3) is 0.190. The SMILES string of the molecule is CC(C)COc1c(Cl)cc(/C=N\Nc2nc(-c3ccccc3)cc(=O)[nH]2)cc1Cl. The van der Waals surface area contributed by atoms with Crippen molar-refractivity contribution in [2.45, 2.75) is 13.8 Å². The van der Waals surface area contributed by atoms with Gasteiger partial charge in [-0.05, 0) is 23.6 Å². The van der Waals surface area contributed by atoms with Gasteiger partial charge in [-0.1, -0.05) is 67.4 Å². The first-order chi connectivity index (χ1) is 13.9. The van der Waals surface area contributed by atoms with Crippen molar-refractivity contribution in [1.82, 2.24) is 9.97 Å². The zero-order valence-corrected chi connectivity index (χ0v) is 17.5. The van der Waals surface area contributed by atoms with Gasteiger partial charge >= 0.3 is 0 Å². The molecule has 1 heterocycles. The van der Waals surface area contributed by atoms with E-state index in [0.29, 0.717) is 39.6 Å². The molecule has 0 aliphatic heterocycles. The van der Waals surface area contributed by atoms with Crippen LogP contribution in [0.25, 0.3) is 11.3 Å². The lowest BCUT2D eigenvalue weighted by Gasteiger charge is -2.12. The topological polar surface area (TPSA) is 79.4 Å². The fourth-order valence-corrected chi connectivity index (χ4v) is 3.09. The predicted octanol–water partition coefficient (Wildman–Crippen LogP) is 5.22. The smallest absolute Gasteiger partial charge is 0.252 e. The van der Waals surface area contributed by atoms with E-state index in [1.54, 1.807) is 12.1 Å². The Labute approximate surface area is 178 Å². The van der Waals surface area contributed by atoms with E-state index >= 15 is 0 Å². The van der Waals surface area contributed by atoms with Crippen molar-refractivity contribution in [3.8, 4) is 17.0 Å². The number of halogens is 2. The van der Waals surface area contributed by atoms with Crippen molar-refractivity contribution in [2.24, 2.45) is 11.0 Å². The Morgan fingerprint density at radius 3 is 2.52 bits per heavy atom. The average Bonchev–Trinajstić information content (AvgIpc) is 2.67. The lowest BCUT2D eigenvalue weighted by Crippen LogP contribution is -2.10. The summed E-state index contributed by atoms with van der Waals surface area (Å²) in [6.45, 7) is 4.60. The Morgan fingerprint density at radius 1 is 1.17 bits per heavy atom. The number of aromatic nitrogens is 2. The largest absolute Gasteiger partial charge is 0.490 e. The highest BCUT2D eigenvalue weighted by molar-refractivity contribution is 6.37. The van der Waals surface area contributed by atoms with Gasteiger partial charge in [0, 0.05) is 11.6 Å². The molecule has 2 N–H and O–H groups in total. The maximum Gasteiger partial charge on any atom is 0.252 e. The Hall–Kier alpha value is -2.83. The molecular weight excluding hydrogens is 411 g/mol. The number of ether oxygens (including phenoxy) is 1. The molecule has 0 amide bonds. The number of hydrazone groups is 1. The number of anilines is 1. The fourth-order valence-electron chi connectivity index (χ4n) is 2.48. The van der Waals surface area contributed by atoms with E-state index in [1.807, 2.05) is 44.2 Å². The number of hydrogen-bond donors (Lipinski definition) is 2. The standard InChI is InChI=1S/C21H20Cl2N4O2/c1-13(2)12-29-20-16(22)8-14(9-17(20)23)11-24-27-21-25-18(10-19(28)26-21)15-6-4-3-5-7-15/h3-11,13H,12H2,1-2H3,(H2,25,26,27,28)/b24-11-. The lowest BCUT2D eigenvalue weighted by molar-refractivity contribution is 0.271. The van der Waals surface area contributed by atoms with Crippen LogP contribution in [-0.4, -0.2) is 22.8 Å². The number of nitrogens with zero attached hydrogens (tertiary/aromatic N) is 2. The van der Waals surface area contributed by atoms with Gasteiger partial charge in [-0.15, -0.1) is 0 Å². The van der Waals surface area contributed by atoms with Crippen molar-refractivity contribution < 1.29 is 4.74 Å². The van der Waals surface area contributed by atoms with E-state index in [2.05, 4.69) is 20.5 Å². The third-order valence-electron chi connectivity index (χ3n) is 3.78. The third kappa shape index (κ3) is 5.82. The van der Waals surface area contributed by atoms with Crippen LogP contribution in [0.5, 0.6) is 5.75 Å². The normalized spacial score (nSPS) is 11.2. The molecule has 150 valence electrons. The Bertz CT molecular complexity index is 1040. The predicted molar refractivity (Wildman–Crippen MR) is 118 cm³/mol.